The van der Waals surface area contributed by atoms with Crippen molar-refractivity contribution >= 4 is 39.1 Å². The van der Waals surface area contributed by atoms with Crippen LogP contribution in [0.3, 0.4) is 0 Å². The van der Waals surface area contributed by atoms with Gasteiger partial charge in [0.1, 0.15) is 16.5 Å². The number of rotatable bonds is 3. The van der Waals surface area contributed by atoms with Gasteiger partial charge in [0.05, 0.1) is 11.1 Å². The molecule has 0 fully saturated rings. The number of amides is 2. The number of thiophene rings is 1. The van der Waals surface area contributed by atoms with Crippen molar-refractivity contribution in [1.82, 2.24) is 9.88 Å². The number of halogens is 1. The van der Waals surface area contributed by atoms with Crippen molar-refractivity contribution in [3.63, 3.8) is 0 Å². The van der Waals surface area contributed by atoms with E-state index in [2.05, 4.69) is 10.6 Å². The molecule has 0 saturated carbocycles. The summed E-state index contributed by atoms with van der Waals surface area (Å²) in [5.74, 6) is -0.899. The first kappa shape index (κ1) is 17.7. The van der Waals surface area contributed by atoms with Gasteiger partial charge in [-0.3, -0.25) is 9.59 Å². The van der Waals surface area contributed by atoms with Crippen molar-refractivity contribution in [2.75, 3.05) is 12.4 Å². The van der Waals surface area contributed by atoms with Gasteiger partial charge in [-0.1, -0.05) is 6.07 Å². The zero-order chi connectivity index (χ0) is 19.1. The van der Waals surface area contributed by atoms with Crippen molar-refractivity contribution in [3.8, 4) is 0 Å². The second-order valence-electron chi connectivity index (χ2n) is 6.71. The van der Waals surface area contributed by atoms with Crippen molar-refractivity contribution in [1.29, 1.82) is 0 Å². The van der Waals surface area contributed by atoms with E-state index in [0.29, 0.717) is 27.2 Å². The van der Waals surface area contributed by atoms with Crippen molar-refractivity contribution in [3.05, 3.63) is 51.8 Å². The van der Waals surface area contributed by atoms with Crippen LogP contribution in [-0.2, 0) is 19.9 Å². The summed E-state index contributed by atoms with van der Waals surface area (Å²) in [7, 11) is 3.32. The lowest BCUT2D eigenvalue weighted by Crippen LogP contribution is -2.22. The van der Waals surface area contributed by atoms with Gasteiger partial charge < -0.3 is 15.2 Å². The second kappa shape index (κ2) is 6.81. The van der Waals surface area contributed by atoms with Crippen LogP contribution in [0.5, 0.6) is 0 Å². The summed E-state index contributed by atoms with van der Waals surface area (Å²) < 4.78 is 15.7. The number of anilines is 1. The molecule has 1 aromatic carbocycles. The van der Waals surface area contributed by atoms with Gasteiger partial charge in [0.25, 0.3) is 11.8 Å². The standard InChI is InChI=1S/C20H20FN3O2S/c1-22-19(26)17-11-6-3-4-9-16(11)27-20(17)23-18(25)15-10-12-13(21)7-5-8-14(12)24(15)2/h5,7-8,10H,3-4,6,9H2,1-2H3,(H,22,26)(H,23,25). The molecule has 7 heteroatoms. The molecular weight excluding hydrogens is 365 g/mol. The number of carbonyl (C=O) groups excluding carboxylic acids is 2. The molecule has 140 valence electrons. The molecule has 0 saturated heterocycles. The number of fused-ring (bicyclic) bond motifs is 2. The van der Waals surface area contributed by atoms with E-state index < -0.39 is 0 Å². The zero-order valence-corrected chi connectivity index (χ0v) is 16.0. The Hall–Kier alpha value is -2.67. The lowest BCUT2D eigenvalue weighted by Gasteiger charge is -2.12. The molecule has 4 rings (SSSR count). The fourth-order valence-corrected chi connectivity index (χ4v) is 5.01. The van der Waals surface area contributed by atoms with Crippen LogP contribution in [0.1, 0.15) is 44.1 Å². The molecule has 0 radical (unpaired) electrons. The van der Waals surface area contributed by atoms with Crippen molar-refractivity contribution in [2.45, 2.75) is 25.7 Å². The quantitative estimate of drug-likeness (QED) is 0.719. The van der Waals surface area contributed by atoms with E-state index in [1.165, 1.54) is 22.3 Å². The molecule has 0 unspecified atom stereocenters. The number of nitrogens with zero attached hydrogens (tertiary/aromatic N) is 1. The van der Waals surface area contributed by atoms with E-state index in [1.54, 1.807) is 36.9 Å². The molecule has 1 aliphatic rings. The number of hydrogen-bond acceptors (Lipinski definition) is 3. The normalized spacial score (nSPS) is 13.4. The van der Waals surface area contributed by atoms with E-state index in [4.69, 9.17) is 0 Å². The second-order valence-corrected chi connectivity index (χ2v) is 7.81. The number of benzene rings is 1. The molecule has 0 spiro atoms. The Bertz CT molecular complexity index is 1070. The van der Waals surface area contributed by atoms with E-state index in [9.17, 15) is 14.0 Å². The summed E-state index contributed by atoms with van der Waals surface area (Å²) in [5.41, 5.74) is 2.61. The van der Waals surface area contributed by atoms with Crippen molar-refractivity contribution < 1.29 is 14.0 Å². The minimum absolute atomic E-state index is 0.187. The molecule has 2 amide bonds. The SMILES string of the molecule is CNC(=O)c1c(NC(=O)c2cc3c(F)cccc3n2C)sc2c1CCCC2. The van der Waals surface area contributed by atoms with Gasteiger partial charge in [0.2, 0.25) is 0 Å². The number of aryl methyl sites for hydroxylation is 2. The summed E-state index contributed by atoms with van der Waals surface area (Å²) in [6, 6.07) is 6.32. The highest BCUT2D eigenvalue weighted by Gasteiger charge is 2.26. The lowest BCUT2D eigenvalue weighted by molar-refractivity contribution is 0.0963. The highest BCUT2D eigenvalue weighted by Crippen LogP contribution is 2.38. The van der Waals surface area contributed by atoms with E-state index in [1.807, 2.05) is 0 Å². The van der Waals surface area contributed by atoms with Crippen LogP contribution in [0.4, 0.5) is 9.39 Å². The Labute approximate surface area is 160 Å². The Kier molecular flexibility index (Phi) is 4.47. The molecule has 27 heavy (non-hydrogen) atoms. The monoisotopic (exact) mass is 385 g/mol. The lowest BCUT2D eigenvalue weighted by atomic mass is 9.95. The van der Waals surface area contributed by atoms with Crippen molar-refractivity contribution in [2.24, 2.45) is 7.05 Å². The van der Waals surface area contributed by atoms with Gasteiger partial charge in [0.15, 0.2) is 0 Å². The number of hydrogen-bond donors (Lipinski definition) is 2. The molecule has 0 aliphatic heterocycles. The topological polar surface area (TPSA) is 63.1 Å². The predicted octanol–water partition coefficient (Wildman–Crippen LogP) is 3.87. The summed E-state index contributed by atoms with van der Waals surface area (Å²) in [6.45, 7) is 0. The highest BCUT2D eigenvalue weighted by molar-refractivity contribution is 7.17. The number of aromatic nitrogens is 1. The maximum Gasteiger partial charge on any atom is 0.272 e. The Balaban J connectivity index is 1.74. The average molecular weight is 385 g/mol. The van der Waals surface area contributed by atoms with Crippen LogP contribution in [0.15, 0.2) is 24.3 Å². The van der Waals surface area contributed by atoms with Crippen LogP contribution in [0, 0.1) is 5.82 Å². The van der Waals surface area contributed by atoms with E-state index in [-0.39, 0.29) is 17.6 Å². The summed E-state index contributed by atoms with van der Waals surface area (Å²) in [4.78, 5) is 26.5. The molecule has 2 aromatic heterocycles. The third-order valence-corrected chi connectivity index (χ3v) is 6.33. The smallest absolute Gasteiger partial charge is 0.272 e. The Morgan fingerprint density at radius 3 is 2.70 bits per heavy atom. The Morgan fingerprint density at radius 2 is 1.96 bits per heavy atom. The van der Waals surface area contributed by atoms with Gasteiger partial charge in [-0.05, 0) is 49.4 Å². The molecule has 2 heterocycles. The third-order valence-electron chi connectivity index (χ3n) is 5.12. The third kappa shape index (κ3) is 2.92. The van der Waals surface area contributed by atoms with Gasteiger partial charge in [-0.25, -0.2) is 4.39 Å². The molecule has 5 nitrogen and oxygen atoms in total. The molecule has 2 N–H and O–H groups in total. The fourth-order valence-electron chi connectivity index (χ4n) is 3.73. The van der Waals surface area contributed by atoms with Crippen LogP contribution in [0.25, 0.3) is 10.9 Å². The van der Waals surface area contributed by atoms with Gasteiger partial charge in [0, 0.05) is 24.4 Å². The van der Waals surface area contributed by atoms with E-state index >= 15 is 0 Å². The largest absolute Gasteiger partial charge is 0.355 e. The first-order valence-electron chi connectivity index (χ1n) is 8.93. The number of nitrogens with one attached hydrogen (secondary N) is 2. The first-order valence-corrected chi connectivity index (χ1v) is 9.74. The summed E-state index contributed by atoms with van der Waals surface area (Å²) >= 11 is 1.47. The first-order chi connectivity index (χ1) is 13.0. The Morgan fingerprint density at radius 1 is 1.19 bits per heavy atom. The minimum Gasteiger partial charge on any atom is -0.355 e. The maximum atomic E-state index is 14.0. The highest BCUT2D eigenvalue weighted by atomic mass is 32.1. The maximum absolute atomic E-state index is 14.0. The number of carbonyl (C=O) groups is 2. The van der Waals surface area contributed by atoms with Gasteiger partial charge in [-0.2, -0.15) is 0 Å². The summed E-state index contributed by atoms with van der Waals surface area (Å²) in [6.07, 6.45) is 3.92. The van der Waals surface area contributed by atoms with Crippen LogP contribution in [-0.4, -0.2) is 23.4 Å². The molecule has 1 aliphatic carbocycles. The predicted molar refractivity (Wildman–Crippen MR) is 105 cm³/mol. The average Bonchev–Trinajstić information content (AvgIpc) is 3.20. The minimum atomic E-state index is -0.361. The molecular formula is C20H20FN3O2S. The van der Waals surface area contributed by atoms with Crippen LogP contribution < -0.4 is 10.6 Å². The molecule has 3 aromatic rings. The molecule has 0 atom stereocenters. The zero-order valence-electron chi connectivity index (χ0n) is 15.2. The van der Waals surface area contributed by atoms with E-state index in [0.717, 1.165) is 31.2 Å². The fraction of sp³-hybridized carbons (Fsp3) is 0.300. The summed E-state index contributed by atoms with van der Waals surface area (Å²) in [5, 5.41) is 6.54. The van der Waals surface area contributed by atoms with Gasteiger partial charge in [-0.15, -0.1) is 11.3 Å². The van der Waals surface area contributed by atoms with Gasteiger partial charge >= 0.3 is 0 Å². The van der Waals surface area contributed by atoms with Crippen LogP contribution >= 0.6 is 11.3 Å². The van der Waals surface area contributed by atoms with Crippen LogP contribution in [0.2, 0.25) is 0 Å². The molecule has 0 bridgehead atoms.